The summed E-state index contributed by atoms with van der Waals surface area (Å²) in [5, 5.41) is 3.53. The highest BCUT2D eigenvalue weighted by Crippen LogP contribution is 2.16. The highest BCUT2D eigenvalue weighted by atomic mass is 15.1. The lowest BCUT2D eigenvalue weighted by Gasteiger charge is -2.33. The molecule has 0 aromatic carbocycles. The van der Waals surface area contributed by atoms with E-state index in [4.69, 9.17) is 5.73 Å². The molecule has 0 bridgehead atoms. The van der Waals surface area contributed by atoms with Crippen LogP contribution in [0.25, 0.3) is 0 Å². The molecule has 13 heavy (non-hydrogen) atoms. The van der Waals surface area contributed by atoms with E-state index in [1.165, 1.54) is 6.54 Å². The minimum atomic E-state index is 0.464. The SMILES string of the molecule is CCN(CC)CCNC1CC(N)C1. The number of nitrogens with one attached hydrogen (secondary N) is 1. The Morgan fingerprint density at radius 2 is 1.92 bits per heavy atom. The molecule has 0 heterocycles. The van der Waals surface area contributed by atoms with E-state index in [-0.39, 0.29) is 0 Å². The summed E-state index contributed by atoms with van der Waals surface area (Å²) in [7, 11) is 0. The molecular weight excluding hydrogens is 162 g/mol. The molecule has 0 radical (unpaired) electrons. The van der Waals surface area contributed by atoms with Crippen LogP contribution in [0.2, 0.25) is 0 Å². The largest absolute Gasteiger partial charge is 0.328 e. The normalized spacial score (nSPS) is 27.7. The molecule has 0 unspecified atom stereocenters. The molecule has 1 aliphatic rings. The van der Waals surface area contributed by atoms with Crippen molar-refractivity contribution in [3.05, 3.63) is 0 Å². The fourth-order valence-electron chi connectivity index (χ4n) is 1.80. The summed E-state index contributed by atoms with van der Waals surface area (Å²) in [6, 6.07) is 1.16. The molecule has 1 rings (SSSR count). The van der Waals surface area contributed by atoms with Gasteiger partial charge in [0.1, 0.15) is 0 Å². The molecule has 3 N–H and O–H groups in total. The van der Waals surface area contributed by atoms with Crippen LogP contribution in [0.5, 0.6) is 0 Å². The zero-order chi connectivity index (χ0) is 9.68. The van der Waals surface area contributed by atoms with Gasteiger partial charge in [-0.25, -0.2) is 0 Å². The number of hydrogen-bond acceptors (Lipinski definition) is 3. The molecule has 0 aromatic rings. The van der Waals surface area contributed by atoms with Gasteiger partial charge < -0.3 is 16.0 Å². The number of nitrogens with zero attached hydrogens (tertiary/aromatic N) is 1. The highest BCUT2D eigenvalue weighted by Gasteiger charge is 2.24. The third kappa shape index (κ3) is 3.63. The van der Waals surface area contributed by atoms with E-state index in [1.807, 2.05) is 0 Å². The molecule has 0 atom stereocenters. The van der Waals surface area contributed by atoms with Crippen molar-refractivity contribution in [2.24, 2.45) is 5.73 Å². The van der Waals surface area contributed by atoms with E-state index in [2.05, 4.69) is 24.1 Å². The quantitative estimate of drug-likeness (QED) is 0.629. The van der Waals surface area contributed by atoms with E-state index >= 15 is 0 Å². The standard InChI is InChI=1S/C10H23N3/c1-3-13(4-2)6-5-12-10-7-9(11)8-10/h9-10,12H,3-8,11H2,1-2H3. The summed E-state index contributed by atoms with van der Waals surface area (Å²) in [6.45, 7) is 9.01. The van der Waals surface area contributed by atoms with Crippen molar-refractivity contribution in [2.75, 3.05) is 26.2 Å². The smallest absolute Gasteiger partial charge is 0.0107 e. The third-order valence-electron chi connectivity index (χ3n) is 2.93. The molecular formula is C10H23N3. The minimum absolute atomic E-state index is 0.464. The van der Waals surface area contributed by atoms with Crippen molar-refractivity contribution in [1.82, 2.24) is 10.2 Å². The summed E-state index contributed by atoms with van der Waals surface area (Å²) < 4.78 is 0. The fraction of sp³-hybridized carbons (Fsp3) is 1.00. The van der Waals surface area contributed by atoms with Crippen molar-refractivity contribution >= 4 is 0 Å². The van der Waals surface area contributed by atoms with E-state index in [0.29, 0.717) is 12.1 Å². The van der Waals surface area contributed by atoms with Gasteiger partial charge in [-0.15, -0.1) is 0 Å². The van der Waals surface area contributed by atoms with Gasteiger partial charge >= 0.3 is 0 Å². The van der Waals surface area contributed by atoms with Crippen molar-refractivity contribution < 1.29 is 0 Å². The van der Waals surface area contributed by atoms with Gasteiger partial charge in [-0.3, -0.25) is 0 Å². The molecule has 3 heteroatoms. The summed E-state index contributed by atoms with van der Waals surface area (Å²) in [6.07, 6.45) is 2.33. The van der Waals surface area contributed by atoms with Gasteiger partial charge in [-0.05, 0) is 25.9 Å². The molecule has 78 valence electrons. The fourth-order valence-corrected chi connectivity index (χ4v) is 1.80. The van der Waals surface area contributed by atoms with Gasteiger partial charge in [0, 0.05) is 25.2 Å². The van der Waals surface area contributed by atoms with Crippen LogP contribution in [0.1, 0.15) is 26.7 Å². The highest BCUT2D eigenvalue weighted by molar-refractivity contribution is 4.87. The van der Waals surface area contributed by atoms with Gasteiger partial charge in [-0.2, -0.15) is 0 Å². The molecule has 0 aromatic heterocycles. The van der Waals surface area contributed by atoms with Gasteiger partial charge in [0.25, 0.3) is 0 Å². The lowest BCUT2D eigenvalue weighted by atomic mass is 9.88. The van der Waals surface area contributed by atoms with Gasteiger partial charge in [-0.1, -0.05) is 13.8 Å². The molecule has 0 aliphatic heterocycles. The third-order valence-corrected chi connectivity index (χ3v) is 2.93. The number of rotatable bonds is 6. The Labute approximate surface area is 81.7 Å². The van der Waals surface area contributed by atoms with Crippen LogP contribution in [0.3, 0.4) is 0 Å². The second kappa shape index (κ2) is 5.58. The molecule has 0 amide bonds. The van der Waals surface area contributed by atoms with Gasteiger partial charge in [0.2, 0.25) is 0 Å². The average Bonchev–Trinajstić information content (AvgIpc) is 2.09. The van der Waals surface area contributed by atoms with E-state index in [9.17, 15) is 0 Å². The Balaban J connectivity index is 1.94. The van der Waals surface area contributed by atoms with Crippen LogP contribution in [0.4, 0.5) is 0 Å². The zero-order valence-electron chi connectivity index (χ0n) is 8.92. The van der Waals surface area contributed by atoms with Gasteiger partial charge in [0.15, 0.2) is 0 Å². The van der Waals surface area contributed by atoms with Crippen LogP contribution in [0, 0.1) is 0 Å². The van der Waals surface area contributed by atoms with E-state index < -0.39 is 0 Å². The Kier molecular flexibility index (Phi) is 4.70. The molecule has 1 fully saturated rings. The maximum atomic E-state index is 5.70. The Bertz CT molecular complexity index is 128. The van der Waals surface area contributed by atoms with Crippen LogP contribution in [0.15, 0.2) is 0 Å². The second-order valence-electron chi connectivity index (χ2n) is 3.91. The van der Waals surface area contributed by atoms with Crippen LogP contribution in [-0.2, 0) is 0 Å². The van der Waals surface area contributed by atoms with E-state index in [1.54, 1.807) is 0 Å². The predicted octanol–water partition coefficient (Wildman–Crippen LogP) is 0.408. The maximum absolute atomic E-state index is 5.70. The monoisotopic (exact) mass is 185 g/mol. The average molecular weight is 185 g/mol. The van der Waals surface area contributed by atoms with Crippen LogP contribution < -0.4 is 11.1 Å². The first-order valence-corrected chi connectivity index (χ1v) is 5.47. The van der Waals surface area contributed by atoms with E-state index in [0.717, 1.165) is 32.5 Å². The van der Waals surface area contributed by atoms with Crippen molar-refractivity contribution in [3.8, 4) is 0 Å². The van der Waals surface area contributed by atoms with Crippen LogP contribution in [-0.4, -0.2) is 43.2 Å². The van der Waals surface area contributed by atoms with Crippen molar-refractivity contribution in [1.29, 1.82) is 0 Å². The van der Waals surface area contributed by atoms with Crippen molar-refractivity contribution in [3.63, 3.8) is 0 Å². The Hall–Kier alpha value is -0.120. The van der Waals surface area contributed by atoms with Crippen molar-refractivity contribution in [2.45, 2.75) is 38.8 Å². The summed E-state index contributed by atoms with van der Waals surface area (Å²) in [5.41, 5.74) is 5.70. The predicted molar refractivity (Wildman–Crippen MR) is 56.8 cm³/mol. The lowest BCUT2D eigenvalue weighted by molar-refractivity contribution is 0.257. The molecule has 0 saturated heterocycles. The number of hydrogen-bond donors (Lipinski definition) is 2. The summed E-state index contributed by atoms with van der Waals surface area (Å²) in [4.78, 5) is 2.44. The lowest BCUT2D eigenvalue weighted by Crippen LogP contribution is -2.50. The molecule has 1 aliphatic carbocycles. The number of likely N-dealkylation sites (N-methyl/N-ethyl adjacent to an activating group) is 1. The zero-order valence-corrected chi connectivity index (χ0v) is 8.92. The second-order valence-corrected chi connectivity index (χ2v) is 3.91. The van der Waals surface area contributed by atoms with Gasteiger partial charge in [0.05, 0.1) is 0 Å². The topological polar surface area (TPSA) is 41.3 Å². The molecule has 1 saturated carbocycles. The first-order valence-electron chi connectivity index (χ1n) is 5.47. The van der Waals surface area contributed by atoms with Crippen LogP contribution >= 0.6 is 0 Å². The number of nitrogens with two attached hydrogens (primary N) is 1. The first kappa shape index (κ1) is 11.0. The summed E-state index contributed by atoms with van der Waals surface area (Å²) >= 11 is 0. The first-order chi connectivity index (χ1) is 6.26. The Morgan fingerprint density at radius 1 is 1.31 bits per heavy atom. The molecule has 3 nitrogen and oxygen atoms in total. The Morgan fingerprint density at radius 3 is 2.38 bits per heavy atom. The summed E-state index contributed by atoms with van der Waals surface area (Å²) in [5.74, 6) is 0. The molecule has 0 spiro atoms. The minimum Gasteiger partial charge on any atom is -0.328 e. The maximum Gasteiger partial charge on any atom is 0.0107 e.